The number of hydrogen-bond donors (Lipinski definition) is 1. The van der Waals surface area contributed by atoms with E-state index in [0.717, 1.165) is 5.52 Å². The smallest absolute Gasteiger partial charge is 0.353 e. The molecule has 0 aliphatic rings. The second-order valence-electron chi connectivity index (χ2n) is 3.25. The van der Waals surface area contributed by atoms with Crippen molar-refractivity contribution in [3.63, 3.8) is 0 Å². The molecule has 0 atom stereocenters. The Kier molecular flexibility index (Phi) is 2.67. The van der Waals surface area contributed by atoms with Crippen LogP contribution in [0.15, 0.2) is 24.5 Å². The first-order valence-corrected chi connectivity index (χ1v) is 4.66. The van der Waals surface area contributed by atoms with Crippen LogP contribution in [-0.2, 0) is 0 Å². The quantitative estimate of drug-likeness (QED) is 0.877. The van der Waals surface area contributed by atoms with Crippen LogP contribution in [0.4, 0.5) is 19.1 Å². The summed E-state index contributed by atoms with van der Waals surface area (Å²) in [4.78, 5) is 3.89. The van der Waals surface area contributed by atoms with E-state index in [0.29, 0.717) is 0 Å². The molecule has 0 fully saturated rings. The van der Waals surface area contributed by atoms with E-state index in [-0.39, 0.29) is 12.5 Å². The zero-order valence-electron chi connectivity index (χ0n) is 8.20. The Hall–Kier alpha value is -1.79. The molecule has 1 N–H and O–H groups in total. The topological polar surface area (TPSA) is 42.2 Å². The van der Waals surface area contributed by atoms with E-state index < -0.39 is 12.6 Å². The van der Waals surface area contributed by atoms with Gasteiger partial charge in [-0.2, -0.15) is 13.2 Å². The molecule has 0 aromatic carbocycles. The van der Waals surface area contributed by atoms with Crippen molar-refractivity contribution in [2.24, 2.45) is 0 Å². The molecule has 16 heavy (non-hydrogen) atoms. The molecular formula is C9H9F3N4. The lowest BCUT2D eigenvalue weighted by Gasteiger charge is -2.07. The van der Waals surface area contributed by atoms with Crippen molar-refractivity contribution in [2.75, 3.05) is 11.9 Å². The highest BCUT2D eigenvalue weighted by Gasteiger charge is 2.26. The maximum atomic E-state index is 11.9. The number of anilines is 1. The number of aromatic nitrogens is 3. The highest BCUT2D eigenvalue weighted by molar-refractivity contribution is 5.45. The van der Waals surface area contributed by atoms with Crippen LogP contribution < -0.4 is 5.32 Å². The van der Waals surface area contributed by atoms with Crippen molar-refractivity contribution in [3.05, 3.63) is 24.5 Å². The Bertz CT molecular complexity index is 477. The molecule has 0 unspecified atom stereocenters. The fourth-order valence-electron chi connectivity index (χ4n) is 1.23. The lowest BCUT2D eigenvalue weighted by Crippen LogP contribution is -2.16. The van der Waals surface area contributed by atoms with Gasteiger partial charge in [-0.1, -0.05) is 0 Å². The fraction of sp³-hybridized carbons (Fsp3) is 0.333. The number of halogens is 3. The second-order valence-corrected chi connectivity index (χ2v) is 3.25. The fourth-order valence-corrected chi connectivity index (χ4v) is 1.23. The van der Waals surface area contributed by atoms with Crippen LogP contribution in [0.1, 0.15) is 6.42 Å². The van der Waals surface area contributed by atoms with Crippen LogP contribution in [0.3, 0.4) is 0 Å². The number of rotatable bonds is 3. The molecule has 0 saturated heterocycles. The van der Waals surface area contributed by atoms with E-state index in [1.807, 2.05) is 0 Å². The molecule has 0 radical (unpaired) electrons. The highest BCUT2D eigenvalue weighted by Crippen LogP contribution is 2.18. The Morgan fingerprint density at radius 1 is 1.38 bits per heavy atom. The first kappa shape index (κ1) is 10.7. The number of nitrogens with one attached hydrogen (secondary N) is 1. The van der Waals surface area contributed by atoms with Crippen molar-refractivity contribution >= 4 is 11.5 Å². The summed E-state index contributed by atoms with van der Waals surface area (Å²) in [5.41, 5.74) is 0.793. The lowest BCUT2D eigenvalue weighted by atomic mass is 10.4. The Labute approximate surface area is 89.1 Å². The summed E-state index contributed by atoms with van der Waals surface area (Å²) in [6.07, 6.45) is -1.82. The summed E-state index contributed by atoms with van der Waals surface area (Å²) in [7, 11) is 0. The third-order valence-electron chi connectivity index (χ3n) is 1.97. The number of fused-ring (bicyclic) bond motifs is 1. The molecule has 0 aliphatic heterocycles. The molecule has 0 spiro atoms. The zero-order chi connectivity index (χ0) is 11.6. The minimum Gasteiger partial charge on any atom is -0.353 e. The van der Waals surface area contributed by atoms with Gasteiger partial charge in [0.25, 0.3) is 0 Å². The minimum absolute atomic E-state index is 0.188. The lowest BCUT2D eigenvalue weighted by molar-refractivity contribution is -0.131. The number of nitrogens with zero attached hydrogens (tertiary/aromatic N) is 3. The first-order chi connectivity index (χ1) is 7.54. The van der Waals surface area contributed by atoms with Gasteiger partial charge in [0.15, 0.2) is 0 Å². The Morgan fingerprint density at radius 3 is 2.94 bits per heavy atom. The average molecular weight is 230 g/mol. The van der Waals surface area contributed by atoms with E-state index in [2.05, 4.69) is 15.4 Å². The summed E-state index contributed by atoms with van der Waals surface area (Å²) in [6.45, 7) is -0.226. The van der Waals surface area contributed by atoms with Gasteiger partial charge < -0.3 is 5.32 Å². The van der Waals surface area contributed by atoms with Gasteiger partial charge in [-0.05, 0) is 12.1 Å². The van der Waals surface area contributed by atoms with Crippen LogP contribution >= 0.6 is 0 Å². The first-order valence-electron chi connectivity index (χ1n) is 4.66. The molecule has 2 heterocycles. The number of alkyl halides is 3. The molecule has 2 aromatic rings. The van der Waals surface area contributed by atoms with Gasteiger partial charge in [0.2, 0.25) is 5.95 Å². The van der Waals surface area contributed by atoms with Crippen molar-refractivity contribution in [2.45, 2.75) is 12.6 Å². The summed E-state index contributed by atoms with van der Waals surface area (Å²) in [5.74, 6) is 0.188. The molecule has 0 amide bonds. The third kappa shape index (κ3) is 2.62. The summed E-state index contributed by atoms with van der Waals surface area (Å²) >= 11 is 0. The van der Waals surface area contributed by atoms with Gasteiger partial charge >= 0.3 is 6.18 Å². The summed E-state index contributed by atoms with van der Waals surface area (Å²) < 4.78 is 37.2. The van der Waals surface area contributed by atoms with E-state index in [1.54, 1.807) is 29.0 Å². The van der Waals surface area contributed by atoms with Gasteiger partial charge in [0, 0.05) is 12.7 Å². The van der Waals surface area contributed by atoms with E-state index >= 15 is 0 Å². The van der Waals surface area contributed by atoms with Gasteiger partial charge in [-0.15, -0.1) is 5.10 Å². The molecule has 4 nitrogen and oxygen atoms in total. The van der Waals surface area contributed by atoms with Crippen molar-refractivity contribution in [1.82, 2.24) is 14.6 Å². The maximum Gasteiger partial charge on any atom is 0.390 e. The molecule has 2 aromatic heterocycles. The monoisotopic (exact) mass is 230 g/mol. The highest BCUT2D eigenvalue weighted by atomic mass is 19.4. The Morgan fingerprint density at radius 2 is 2.19 bits per heavy atom. The van der Waals surface area contributed by atoms with Crippen molar-refractivity contribution < 1.29 is 13.2 Å². The average Bonchev–Trinajstić information content (AvgIpc) is 2.62. The molecule has 0 aliphatic carbocycles. The normalized spacial score (nSPS) is 11.9. The van der Waals surface area contributed by atoms with Crippen molar-refractivity contribution in [3.8, 4) is 0 Å². The standard InChI is InChI=1S/C9H9F3N4/c10-9(11,12)3-4-13-8-14-6-7-2-1-5-16(7)15-8/h1-2,5-6H,3-4H2,(H,13,15). The van der Waals surface area contributed by atoms with Gasteiger partial charge in [0.1, 0.15) is 0 Å². The van der Waals surface area contributed by atoms with E-state index in [9.17, 15) is 13.2 Å². The van der Waals surface area contributed by atoms with Crippen LogP contribution in [-0.4, -0.2) is 27.3 Å². The minimum atomic E-state index is -4.16. The molecule has 0 bridgehead atoms. The maximum absolute atomic E-state index is 11.9. The number of hydrogen-bond acceptors (Lipinski definition) is 3. The van der Waals surface area contributed by atoms with Gasteiger partial charge in [-0.3, -0.25) is 0 Å². The van der Waals surface area contributed by atoms with Crippen LogP contribution in [0.25, 0.3) is 5.52 Å². The van der Waals surface area contributed by atoms with Gasteiger partial charge in [0.05, 0.1) is 18.1 Å². The molecule has 0 saturated carbocycles. The van der Waals surface area contributed by atoms with Crippen LogP contribution in [0.5, 0.6) is 0 Å². The zero-order valence-corrected chi connectivity index (χ0v) is 8.20. The summed E-state index contributed by atoms with van der Waals surface area (Å²) in [6, 6.07) is 3.59. The molecule has 2 rings (SSSR count). The van der Waals surface area contributed by atoms with Crippen LogP contribution in [0.2, 0.25) is 0 Å². The van der Waals surface area contributed by atoms with Gasteiger partial charge in [-0.25, -0.2) is 9.50 Å². The largest absolute Gasteiger partial charge is 0.390 e. The summed E-state index contributed by atoms with van der Waals surface area (Å²) in [5, 5.41) is 6.50. The third-order valence-corrected chi connectivity index (χ3v) is 1.97. The second kappa shape index (κ2) is 3.99. The molecular weight excluding hydrogens is 221 g/mol. The molecule has 7 heteroatoms. The van der Waals surface area contributed by atoms with Crippen LogP contribution in [0, 0.1) is 0 Å². The molecule has 86 valence electrons. The predicted molar refractivity (Wildman–Crippen MR) is 52.1 cm³/mol. The van der Waals surface area contributed by atoms with E-state index in [4.69, 9.17) is 0 Å². The van der Waals surface area contributed by atoms with E-state index in [1.165, 1.54) is 0 Å². The predicted octanol–water partition coefficient (Wildman–Crippen LogP) is 2.09. The Balaban J connectivity index is 1.99. The van der Waals surface area contributed by atoms with Crippen molar-refractivity contribution in [1.29, 1.82) is 0 Å². The SMILES string of the molecule is FC(F)(F)CCNc1ncc2cccn2n1.